The number of hydrogen-bond acceptors (Lipinski definition) is 9. The van der Waals surface area contributed by atoms with Crippen molar-refractivity contribution in [1.29, 1.82) is 0 Å². The van der Waals surface area contributed by atoms with Crippen LogP contribution in [0, 0.1) is 11.8 Å². The average molecular weight is 755 g/mol. The molecule has 4 heterocycles. The number of carbonyl (C=O) groups excluding carboxylic acids is 4. The second kappa shape index (κ2) is 16.8. The van der Waals surface area contributed by atoms with E-state index in [0.29, 0.717) is 31.2 Å². The van der Waals surface area contributed by atoms with E-state index in [0.717, 1.165) is 46.5 Å². The summed E-state index contributed by atoms with van der Waals surface area (Å²) >= 11 is 0. The maximum Gasteiger partial charge on any atom is 0.407 e. The van der Waals surface area contributed by atoms with Crippen molar-refractivity contribution in [3.63, 3.8) is 0 Å². The number of likely N-dealkylation sites (tertiary alicyclic amines) is 2. The van der Waals surface area contributed by atoms with Gasteiger partial charge in [0.15, 0.2) is 0 Å². The second-order valence-corrected chi connectivity index (χ2v) is 14.8. The molecule has 0 radical (unpaired) electrons. The van der Waals surface area contributed by atoms with Crippen LogP contribution in [0.5, 0.6) is 0 Å². The van der Waals surface area contributed by atoms with Crippen LogP contribution in [0.4, 0.5) is 9.59 Å². The Morgan fingerprint density at radius 3 is 1.64 bits per heavy atom. The third kappa shape index (κ3) is 8.36. The molecular weight excluding hydrogens is 704 g/mol. The van der Waals surface area contributed by atoms with E-state index in [1.165, 1.54) is 14.2 Å². The average Bonchev–Trinajstić information content (AvgIpc) is 4.02. The summed E-state index contributed by atoms with van der Waals surface area (Å²) in [4.78, 5) is 70.3. The van der Waals surface area contributed by atoms with Gasteiger partial charge in [-0.15, -0.1) is 0 Å². The number of aliphatic hydroxyl groups excluding tert-OH is 1. The number of nitrogens with one attached hydrogen (secondary N) is 4. The van der Waals surface area contributed by atoms with Gasteiger partial charge in [-0.3, -0.25) is 9.59 Å². The van der Waals surface area contributed by atoms with Crippen LogP contribution in [-0.2, 0) is 19.1 Å². The molecule has 0 bridgehead atoms. The largest absolute Gasteiger partial charge is 0.453 e. The number of carbonyl (C=O) groups is 4. The van der Waals surface area contributed by atoms with E-state index in [4.69, 9.17) is 9.47 Å². The van der Waals surface area contributed by atoms with Crippen molar-refractivity contribution in [2.24, 2.45) is 11.8 Å². The Hall–Kier alpha value is -5.70. The summed E-state index contributed by atoms with van der Waals surface area (Å²) < 4.78 is 9.47. The van der Waals surface area contributed by atoms with Gasteiger partial charge in [0.2, 0.25) is 11.8 Å². The van der Waals surface area contributed by atoms with Crippen LogP contribution in [0.25, 0.3) is 33.6 Å². The number of methoxy groups -OCH3 is 2. The van der Waals surface area contributed by atoms with Gasteiger partial charge in [-0.2, -0.15) is 0 Å². The summed E-state index contributed by atoms with van der Waals surface area (Å²) in [7, 11) is 2.53. The molecule has 5 N–H and O–H groups in total. The molecule has 6 rings (SSSR count). The van der Waals surface area contributed by atoms with Gasteiger partial charge in [0.25, 0.3) is 0 Å². The molecule has 0 spiro atoms. The van der Waals surface area contributed by atoms with Crippen molar-refractivity contribution in [2.75, 3.05) is 27.3 Å². The van der Waals surface area contributed by atoms with Crippen LogP contribution >= 0.6 is 0 Å². The maximum atomic E-state index is 13.6. The first-order valence-electron chi connectivity index (χ1n) is 18.7. The Kier molecular flexibility index (Phi) is 11.9. The van der Waals surface area contributed by atoms with E-state index < -0.39 is 36.4 Å². The van der Waals surface area contributed by atoms with Gasteiger partial charge in [-0.25, -0.2) is 19.6 Å². The van der Waals surface area contributed by atoms with E-state index in [9.17, 15) is 24.3 Å². The van der Waals surface area contributed by atoms with Crippen LogP contribution in [-0.4, -0.2) is 104 Å². The quantitative estimate of drug-likeness (QED) is 0.137. The number of rotatable bonds is 11. The number of aliphatic hydroxyl groups is 1. The molecule has 2 aromatic heterocycles. The van der Waals surface area contributed by atoms with Crippen LogP contribution in [0.15, 0.2) is 60.9 Å². The second-order valence-electron chi connectivity index (χ2n) is 14.8. The molecule has 0 unspecified atom stereocenters. The van der Waals surface area contributed by atoms with E-state index >= 15 is 0 Å². The number of H-pyrrole nitrogens is 2. The smallest absolute Gasteiger partial charge is 0.407 e. The maximum absolute atomic E-state index is 13.6. The van der Waals surface area contributed by atoms with E-state index in [2.05, 4.69) is 30.6 Å². The highest BCUT2D eigenvalue weighted by Crippen LogP contribution is 2.35. The zero-order valence-electron chi connectivity index (χ0n) is 32.0. The summed E-state index contributed by atoms with van der Waals surface area (Å²) in [5, 5.41) is 16.2. The third-order valence-corrected chi connectivity index (χ3v) is 10.5. The number of amides is 4. The lowest BCUT2D eigenvalue weighted by Crippen LogP contribution is -2.51. The van der Waals surface area contributed by atoms with Crippen molar-refractivity contribution in [3.8, 4) is 33.6 Å². The van der Waals surface area contributed by atoms with Crippen LogP contribution in [0.2, 0.25) is 0 Å². The number of nitrogens with zero attached hydrogens (tertiary/aromatic N) is 4. The molecule has 15 heteroatoms. The molecule has 5 atom stereocenters. The molecule has 2 saturated heterocycles. The highest BCUT2D eigenvalue weighted by molar-refractivity contribution is 5.87. The van der Waals surface area contributed by atoms with Crippen LogP contribution in [0.3, 0.4) is 0 Å². The van der Waals surface area contributed by atoms with Crippen molar-refractivity contribution in [1.82, 2.24) is 40.4 Å². The summed E-state index contributed by atoms with van der Waals surface area (Å²) in [5.41, 5.74) is 5.47. The highest BCUT2D eigenvalue weighted by atomic mass is 16.5. The Morgan fingerprint density at radius 1 is 0.691 bits per heavy atom. The zero-order chi connectivity index (χ0) is 39.4. The fraction of sp³-hybridized carbons (Fsp3) is 0.450. The highest BCUT2D eigenvalue weighted by Gasteiger charge is 2.42. The van der Waals surface area contributed by atoms with Crippen LogP contribution in [0.1, 0.15) is 70.7 Å². The van der Waals surface area contributed by atoms with Crippen molar-refractivity contribution in [2.45, 2.75) is 77.2 Å². The molecule has 0 saturated carbocycles. The van der Waals surface area contributed by atoms with Crippen molar-refractivity contribution < 1.29 is 33.8 Å². The Morgan fingerprint density at radius 2 is 1.15 bits per heavy atom. The molecule has 15 nitrogen and oxygen atoms in total. The number of benzene rings is 2. The first-order chi connectivity index (χ1) is 26.4. The fourth-order valence-corrected chi connectivity index (χ4v) is 7.39. The van der Waals surface area contributed by atoms with Gasteiger partial charge in [0, 0.05) is 13.1 Å². The van der Waals surface area contributed by atoms with Gasteiger partial charge < -0.3 is 45.0 Å². The first-order valence-corrected chi connectivity index (χ1v) is 18.7. The SMILES string of the molecule is COC(=O)N[C@H](C(=O)N1CC[C@@H](O)[C@H]1c1ncc(-c2ccc(-c3ccc(-c4cnc([C@@H]5CCCN5C(=O)[C@@H](NC(=O)OC)C(C)C)[nH]4)cc3)cc2)[nH]1)C(C)C. The van der Waals surface area contributed by atoms with Gasteiger partial charge >= 0.3 is 12.2 Å². The minimum atomic E-state index is -0.812. The van der Waals surface area contributed by atoms with E-state index in [-0.39, 0.29) is 29.7 Å². The fourth-order valence-electron chi connectivity index (χ4n) is 7.39. The number of alkyl carbamates (subject to hydrolysis) is 2. The molecule has 55 heavy (non-hydrogen) atoms. The number of imidazole rings is 2. The minimum Gasteiger partial charge on any atom is -0.453 e. The molecule has 2 aromatic carbocycles. The molecular formula is C40H50N8O7. The van der Waals surface area contributed by atoms with E-state index in [1.807, 2.05) is 76.2 Å². The Balaban J connectivity index is 1.12. The summed E-state index contributed by atoms with van der Waals surface area (Å²) in [6.07, 6.45) is 3.34. The van der Waals surface area contributed by atoms with Crippen molar-refractivity contribution >= 4 is 24.0 Å². The third-order valence-electron chi connectivity index (χ3n) is 10.5. The van der Waals surface area contributed by atoms with Crippen molar-refractivity contribution in [3.05, 3.63) is 72.6 Å². The van der Waals surface area contributed by atoms with Gasteiger partial charge in [0.05, 0.1) is 50.1 Å². The molecule has 2 fully saturated rings. The number of aromatic amines is 2. The predicted molar refractivity (Wildman–Crippen MR) is 204 cm³/mol. The minimum absolute atomic E-state index is 0.113. The Bertz CT molecular complexity index is 1970. The topological polar surface area (TPSA) is 195 Å². The molecule has 2 aliphatic heterocycles. The zero-order valence-corrected chi connectivity index (χ0v) is 32.0. The monoisotopic (exact) mass is 754 g/mol. The predicted octanol–water partition coefficient (Wildman–Crippen LogP) is 5.19. The number of hydrogen-bond donors (Lipinski definition) is 5. The van der Waals surface area contributed by atoms with Gasteiger partial charge in [-0.1, -0.05) is 76.2 Å². The molecule has 4 amide bonds. The van der Waals surface area contributed by atoms with Gasteiger partial charge in [-0.05, 0) is 53.4 Å². The normalized spacial score (nSPS) is 19.4. The molecule has 2 aliphatic rings. The number of ether oxygens (including phenoxy) is 2. The first kappa shape index (κ1) is 39.0. The lowest BCUT2D eigenvalue weighted by molar-refractivity contribution is -0.136. The van der Waals surface area contributed by atoms with E-state index in [1.54, 1.807) is 22.2 Å². The number of aromatic nitrogens is 4. The lowest BCUT2D eigenvalue weighted by Gasteiger charge is -2.30. The molecule has 0 aliphatic carbocycles. The summed E-state index contributed by atoms with van der Waals surface area (Å²) in [6, 6.07) is 13.8. The van der Waals surface area contributed by atoms with Crippen LogP contribution < -0.4 is 10.6 Å². The standard InChI is InChI=1S/C40H50N8O7/c1-22(2)32(45-39(52)54-5)37(50)47-18-7-8-30(47)35-41-20-28(43-35)26-13-9-24(10-14-26)25-11-15-27(16-12-25)29-21-42-36(44-29)34-31(49)17-19-48(34)38(51)33(23(3)4)46-40(53)55-6/h9-16,20-23,30-34,49H,7-8,17-19H2,1-6H3,(H,41,43)(H,42,44)(H,45,52)(H,46,53)/t30-,31+,32-,33-,34-/m0/s1. The lowest BCUT2D eigenvalue weighted by atomic mass is 10.0. The summed E-state index contributed by atoms with van der Waals surface area (Å²) in [6.45, 7) is 8.38. The Labute approximate surface area is 320 Å². The molecule has 292 valence electrons. The van der Waals surface area contributed by atoms with Gasteiger partial charge in [0.1, 0.15) is 29.8 Å². The summed E-state index contributed by atoms with van der Waals surface area (Å²) in [5.74, 6) is 0.416. The molecule has 4 aromatic rings.